The van der Waals surface area contributed by atoms with Gasteiger partial charge in [-0.05, 0) is 44.9 Å². The number of rotatable bonds is 43. The molecule has 0 radical (unpaired) electrons. The Morgan fingerprint density at radius 2 is 0.870 bits per heavy atom. The summed E-state index contributed by atoms with van der Waals surface area (Å²) in [6, 6.07) is 0. The van der Waals surface area contributed by atoms with Crippen molar-refractivity contribution in [1.29, 1.82) is 0 Å². The quantitative estimate of drug-likeness (QED) is 0.0173. The van der Waals surface area contributed by atoms with Crippen LogP contribution in [0.3, 0.4) is 0 Å². The van der Waals surface area contributed by atoms with Crippen LogP contribution in [-0.4, -0.2) is 142 Å². The number of aliphatic hydroxyl groups excluding tert-OH is 7. The Bertz CT molecular complexity index is 1300. The highest BCUT2D eigenvalue weighted by atomic mass is 16.7. The standard InChI is InChI=1S/C54H98O15/c1-3-5-7-9-11-13-15-17-19-20-21-23-24-26-28-30-32-34-36-45(56)64-39-42(67-46(57)37-35-33-31-29-27-25-22-18-16-14-12-10-8-6-4-2)40-65-53-52(63)50(61)48(59)44(69-53)41-66-54-51(62)49(60)47(58)43(38-55)68-54/h12,14,18,22,42-44,47-55,58-63H,3-11,13,15-17,19-21,23-41H2,1-2H3/b14-12+,22-18+/t42-,43+,44+,47-,48-,49?,50?,51?,52?,53+,54+/m0/s1. The predicted octanol–water partition coefficient (Wildman–Crippen LogP) is 8.33. The molecule has 0 aromatic heterocycles. The second kappa shape index (κ2) is 41.5. The van der Waals surface area contributed by atoms with E-state index in [1.807, 2.05) is 0 Å². The molecule has 15 heteroatoms. The maximum Gasteiger partial charge on any atom is 0.306 e. The highest BCUT2D eigenvalue weighted by Crippen LogP contribution is 2.27. The van der Waals surface area contributed by atoms with Crippen molar-refractivity contribution >= 4 is 11.9 Å². The number of hydrogen-bond acceptors (Lipinski definition) is 15. The largest absolute Gasteiger partial charge is 0.462 e. The summed E-state index contributed by atoms with van der Waals surface area (Å²) in [5, 5.41) is 72.1. The minimum atomic E-state index is -1.77. The van der Waals surface area contributed by atoms with E-state index in [9.17, 15) is 45.3 Å². The lowest BCUT2D eigenvalue weighted by Crippen LogP contribution is -2.61. The van der Waals surface area contributed by atoms with Gasteiger partial charge in [-0.3, -0.25) is 9.59 Å². The van der Waals surface area contributed by atoms with Gasteiger partial charge in [0.25, 0.3) is 0 Å². The predicted molar refractivity (Wildman–Crippen MR) is 266 cm³/mol. The molecule has 0 bridgehead atoms. The Morgan fingerprint density at radius 1 is 0.464 bits per heavy atom. The molecule has 69 heavy (non-hydrogen) atoms. The smallest absolute Gasteiger partial charge is 0.306 e. The van der Waals surface area contributed by atoms with Gasteiger partial charge in [-0.25, -0.2) is 0 Å². The molecule has 2 rings (SSSR count). The maximum atomic E-state index is 13.0. The van der Waals surface area contributed by atoms with Gasteiger partial charge in [-0.2, -0.15) is 0 Å². The SMILES string of the molecule is CCCCC/C=C/C/C=C/CCCCCCCC(=O)O[C@@H](COC(=O)CCCCCCCCCCCCCCCCCCCC)CO[C@@H]1O[C@H](CO[C@@H]2O[C@H](CO)[C@H](O)C(O)C2O)[C@H](O)C(O)C1O. The van der Waals surface area contributed by atoms with Gasteiger partial charge in [-0.15, -0.1) is 0 Å². The minimum absolute atomic E-state index is 0.152. The Balaban J connectivity index is 1.78. The van der Waals surface area contributed by atoms with Crippen LogP contribution in [0.2, 0.25) is 0 Å². The fourth-order valence-corrected chi connectivity index (χ4v) is 8.66. The van der Waals surface area contributed by atoms with Crippen molar-refractivity contribution in [2.24, 2.45) is 0 Å². The van der Waals surface area contributed by atoms with Crippen LogP contribution in [0.1, 0.15) is 213 Å². The van der Waals surface area contributed by atoms with Crippen LogP contribution in [-0.2, 0) is 38.0 Å². The maximum absolute atomic E-state index is 13.0. The second-order valence-corrected chi connectivity index (χ2v) is 19.4. The van der Waals surface area contributed by atoms with Crippen LogP contribution in [0, 0.1) is 0 Å². The van der Waals surface area contributed by atoms with Gasteiger partial charge < -0.3 is 64.2 Å². The van der Waals surface area contributed by atoms with E-state index in [1.54, 1.807) is 0 Å². The normalized spacial score (nSPS) is 25.7. The van der Waals surface area contributed by atoms with E-state index in [-0.39, 0.29) is 26.1 Å². The molecule has 0 aromatic rings. The summed E-state index contributed by atoms with van der Waals surface area (Å²) in [5.41, 5.74) is 0. The van der Waals surface area contributed by atoms with Gasteiger partial charge in [0.1, 0.15) is 55.4 Å². The van der Waals surface area contributed by atoms with Crippen molar-refractivity contribution in [3.05, 3.63) is 24.3 Å². The van der Waals surface area contributed by atoms with E-state index in [2.05, 4.69) is 38.2 Å². The molecule has 2 fully saturated rings. The molecule has 2 aliphatic rings. The molecule has 2 saturated heterocycles. The molecule has 15 nitrogen and oxygen atoms in total. The van der Waals surface area contributed by atoms with Crippen LogP contribution >= 0.6 is 0 Å². The Morgan fingerprint density at radius 3 is 1.38 bits per heavy atom. The summed E-state index contributed by atoms with van der Waals surface area (Å²) in [6.07, 6.45) is 26.3. The zero-order valence-corrected chi connectivity index (χ0v) is 42.8. The Kier molecular flexibility index (Phi) is 37.9. The van der Waals surface area contributed by atoms with Crippen LogP contribution in [0.4, 0.5) is 0 Å². The lowest BCUT2D eigenvalue weighted by Gasteiger charge is -2.42. The first-order valence-corrected chi connectivity index (χ1v) is 27.4. The van der Waals surface area contributed by atoms with Gasteiger partial charge in [0.05, 0.1) is 19.8 Å². The first kappa shape index (κ1) is 63.1. The average molecular weight is 987 g/mol. The molecular formula is C54H98O15. The number of carbonyl (C=O) groups is 2. The summed E-state index contributed by atoms with van der Waals surface area (Å²) in [4.78, 5) is 25.8. The van der Waals surface area contributed by atoms with Gasteiger partial charge in [0.15, 0.2) is 18.7 Å². The van der Waals surface area contributed by atoms with Gasteiger partial charge in [0, 0.05) is 12.8 Å². The van der Waals surface area contributed by atoms with Gasteiger partial charge in [0.2, 0.25) is 0 Å². The molecule has 0 aromatic carbocycles. The zero-order valence-electron chi connectivity index (χ0n) is 42.8. The van der Waals surface area contributed by atoms with Crippen molar-refractivity contribution in [2.45, 2.75) is 280 Å². The molecular weight excluding hydrogens is 889 g/mol. The summed E-state index contributed by atoms with van der Waals surface area (Å²) < 4.78 is 33.6. The van der Waals surface area contributed by atoms with E-state index in [1.165, 1.54) is 109 Å². The van der Waals surface area contributed by atoms with Crippen molar-refractivity contribution < 1.29 is 73.8 Å². The highest BCUT2D eigenvalue weighted by molar-refractivity contribution is 5.70. The third-order valence-electron chi connectivity index (χ3n) is 13.2. The Hall–Kier alpha value is -2.02. The van der Waals surface area contributed by atoms with E-state index >= 15 is 0 Å². The first-order valence-electron chi connectivity index (χ1n) is 27.4. The topological polar surface area (TPSA) is 231 Å². The second-order valence-electron chi connectivity index (χ2n) is 19.4. The average Bonchev–Trinajstić information content (AvgIpc) is 3.34. The van der Waals surface area contributed by atoms with E-state index in [4.69, 9.17) is 28.4 Å². The fraction of sp³-hybridized carbons (Fsp3) is 0.889. The molecule has 7 N–H and O–H groups in total. The van der Waals surface area contributed by atoms with Crippen molar-refractivity contribution in [1.82, 2.24) is 0 Å². The van der Waals surface area contributed by atoms with Crippen LogP contribution in [0.25, 0.3) is 0 Å². The number of esters is 2. The molecule has 404 valence electrons. The molecule has 0 spiro atoms. The van der Waals surface area contributed by atoms with E-state index in [0.29, 0.717) is 12.8 Å². The molecule has 0 amide bonds. The van der Waals surface area contributed by atoms with E-state index < -0.39 is 92.7 Å². The van der Waals surface area contributed by atoms with E-state index in [0.717, 1.165) is 64.2 Å². The number of unbranched alkanes of at least 4 members (excludes halogenated alkanes) is 25. The van der Waals surface area contributed by atoms with Crippen molar-refractivity contribution in [2.75, 3.05) is 26.4 Å². The number of carbonyl (C=O) groups excluding carboxylic acids is 2. The van der Waals surface area contributed by atoms with Crippen LogP contribution in [0.15, 0.2) is 24.3 Å². The molecule has 2 aliphatic heterocycles. The lowest BCUT2D eigenvalue weighted by molar-refractivity contribution is -0.332. The molecule has 4 unspecified atom stereocenters. The summed E-state index contributed by atoms with van der Waals surface area (Å²) in [5.74, 6) is -0.931. The highest BCUT2D eigenvalue weighted by Gasteiger charge is 2.47. The number of ether oxygens (including phenoxy) is 6. The zero-order chi connectivity index (χ0) is 50.3. The Labute approximate surface area is 415 Å². The lowest BCUT2D eigenvalue weighted by atomic mass is 9.98. The van der Waals surface area contributed by atoms with Crippen molar-refractivity contribution in [3.8, 4) is 0 Å². The third-order valence-corrected chi connectivity index (χ3v) is 13.2. The molecule has 0 saturated carbocycles. The summed E-state index contributed by atoms with van der Waals surface area (Å²) >= 11 is 0. The molecule has 0 aliphatic carbocycles. The molecule has 11 atom stereocenters. The number of aliphatic hydroxyl groups is 7. The van der Waals surface area contributed by atoms with Crippen LogP contribution in [0.5, 0.6) is 0 Å². The number of hydrogen-bond donors (Lipinski definition) is 7. The summed E-state index contributed by atoms with van der Waals surface area (Å²) in [6.45, 7) is 2.58. The first-order chi connectivity index (χ1) is 33.5. The molecule has 2 heterocycles. The number of allylic oxidation sites excluding steroid dienone is 4. The summed E-state index contributed by atoms with van der Waals surface area (Å²) in [7, 11) is 0. The van der Waals surface area contributed by atoms with Gasteiger partial charge >= 0.3 is 11.9 Å². The van der Waals surface area contributed by atoms with Crippen LogP contribution < -0.4 is 0 Å². The fourth-order valence-electron chi connectivity index (χ4n) is 8.66. The van der Waals surface area contributed by atoms with Gasteiger partial charge in [-0.1, -0.05) is 179 Å². The minimum Gasteiger partial charge on any atom is -0.462 e. The third kappa shape index (κ3) is 29.3. The monoisotopic (exact) mass is 987 g/mol. The van der Waals surface area contributed by atoms with Crippen molar-refractivity contribution in [3.63, 3.8) is 0 Å².